The van der Waals surface area contributed by atoms with Crippen molar-refractivity contribution in [3.8, 4) is 0 Å². The molecule has 2 aliphatic rings. The summed E-state index contributed by atoms with van der Waals surface area (Å²) >= 11 is 0. The standard InChI is InChI=1S/C15H22N2O3/c1-10-14(15(18)19-2)7-13(20-10)8-16-11-5-6-17(9-11)12-3-4-12/h7,11-12,16H,3-6,8-9H2,1-2H3. The van der Waals surface area contributed by atoms with E-state index in [2.05, 4.69) is 10.2 Å². The number of methoxy groups -OCH3 is 1. The number of hydrogen-bond donors (Lipinski definition) is 1. The molecule has 20 heavy (non-hydrogen) atoms. The Bertz CT molecular complexity index is 493. The van der Waals surface area contributed by atoms with Crippen LogP contribution in [-0.2, 0) is 11.3 Å². The van der Waals surface area contributed by atoms with Crippen molar-refractivity contribution in [2.24, 2.45) is 0 Å². The van der Waals surface area contributed by atoms with Crippen LogP contribution in [0.4, 0.5) is 0 Å². The van der Waals surface area contributed by atoms with Crippen LogP contribution >= 0.6 is 0 Å². The molecule has 5 nitrogen and oxygen atoms in total. The lowest BCUT2D eigenvalue weighted by Crippen LogP contribution is -2.32. The highest BCUT2D eigenvalue weighted by Gasteiger charge is 2.34. The summed E-state index contributed by atoms with van der Waals surface area (Å²) in [6.45, 7) is 4.79. The van der Waals surface area contributed by atoms with Crippen LogP contribution in [0.1, 0.15) is 41.1 Å². The van der Waals surface area contributed by atoms with Crippen LogP contribution in [0.5, 0.6) is 0 Å². The molecule has 1 aromatic rings. The highest BCUT2D eigenvalue weighted by molar-refractivity contribution is 5.90. The van der Waals surface area contributed by atoms with Gasteiger partial charge in [-0.15, -0.1) is 0 Å². The average Bonchev–Trinajstić information content (AvgIpc) is 3.07. The third-order valence-corrected chi connectivity index (χ3v) is 4.22. The Hall–Kier alpha value is -1.33. The largest absolute Gasteiger partial charge is 0.465 e. The molecule has 1 aliphatic heterocycles. The summed E-state index contributed by atoms with van der Waals surface area (Å²) < 4.78 is 10.3. The van der Waals surface area contributed by atoms with Crippen LogP contribution in [-0.4, -0.2) is 43.2 Å². The van der Waals surface area contributed by atoms with E-state index >= 15 is 0 Å². The number of nitrogens with one attached hydrogen (secondary N) is 1. The Kier molecular flexibility index (Phi) is 3.81. The predicted molar refractivity (Wildman–Crippen MR) is 74.6 cm³/mol. The molecule has 0 aromatic carbocycles. The minimum absolute atomic E-state index is 0.335. The second-order valence-electron chi connectivity index (χ2n) is 5.77. The summed E-state index contributed by atoms with van der Waals surface area (Å²) in [7, 11) is 1.39. The van der Waals surface area contributed by atoms with E-state index in [1.807, 2.05) is 0 Å². The van der Waals surface area contributed by atoms with Gasteiger partial charge in [-0.1, -0.05) is 0 Å². The van der Waals surface area contributed by atoms with Crippen molar-refractivity contribution in [2.75, 3.05) is 20.2 Å². The van der Waals surface area contributed by atoms with E-state index in [4.69, 9.17) is 9.15 Å². The fraction of sp³-hybridized carbons (Fsp3) is 0.667. The lowest BCUT2D eigenvalue weighted by atomic mass is 10.2. The van der Waals surface area contributed by atoms with Gasteiger partial charge in [0.1, 0.15) is 17.1 Å². The normalized spacial score (nSPS) is 23.2. The lowest BCUT2D eigenvalue weighted by Gasteiger charge is -2.15. The molecule has 110 valence electrons. The van der Waals surface area contributed by atoms with E-state index in [0.717, 1.165) is 18.3 Å². The lowest BCUT2D eigenvalue weighted by molar-refractivity contribution is 0.0599. The van der Waals surface area contributed by atoms with Gasteiger partial charge in [0.05, 0.1) is 13.7 Å². The molecule has 2 fully saturated rings. The number of carbonyl (C=O) groups is 1. The molecule has 0 amide bonds. The Balaban J connectivity index is 1.52. The maximum Gasteiger partial charge on any atom is 0.341 e. The first-order valence-corrected chi connectivity index (χ1v) is 7.32. The Morgan fingerprint density at radius 1 is 1.50 bits per heavy atom. The van der Waals surface area contributed by atoms with Crippen LogP contribution in [0, 0.1) is 6.92 Å². The molecule has 1 saturated heterocycles. The molecule has 3 rings (SSSR count). The molecule has 1 aliphatic carbocycles. The number of esters is 1. The van der Waals surface area contributed by atoms with Crippen LogP contribution in [0.25, 0.3) is 0 Å². The van der Waals surface area contributed by atoms with Crippen molar-refractivity contribution >= 4 is 5.97 Å². The predicted octanol–water partition coefficient (Wildman–Crippen LogP) is 1.70. The van der Waals surface area contributed by atoms with E-state index in [-0.39, 0.29) is 5.97 Å². The number of aryl methyl sites for hydroxylation is 1. The summed E-state index contributed by atoms with van der Waals surface area (Å²) in [6.07, 6.45) is 3.93. The van der Waals surface area contributed by atoms with Gasteiger partial charge >= 0.3 is 5.97 Å². The van der Waals surface area contributed by atoms with Gasteiger partial charge in [0.15, 0.2) is 0 Å². The summed E-state index contributed by atoms with van der Waals surface area (Å²) in [6, 6.07) is 3.16. The van der Waals surface area contributed by atoms with Gasteiger partial charge in [-0.2, -0.15) is 0 Å². The summed E-state index contributed by atoms with van der Waals surface area (Å²) in [5.41, 5.74) is 0.523. The van der Waals surface area contributed by atoms with E-state index < -0.39 is 0 Å². The van der Waals surface area contributed by atoms with Gasteiger partial charge in [-0.05, 0) is 32.3 Å². The second-order valence-corrected chi connectivity index (χ2v) is 5.77. The third kappa shape index (κ3) is 2.88. The number of hydrogen-bond acceptors (Lipinski definition) is 5. The molecule has 1 saturated carbocycles. The first kappa shape index (κ1) is 13.6. The van der Waals surface area contributed by atoms with Crippen molar-refractivity contribution in [1.29, 1.82) is 0 Å². The molecule has 0 bridgehead atoms. The third-order valence-electron chi connectivity index (χ3n) is 4.22. The van der Waals surface area contributed by atoms with E-state index in [1.165, 1.54) is 32.9 Å². The number of furan rings is 1. The minimum atomic E-state index is -0.335. The van der Waals surface area contributed by atoms with Gasteiger partial charge in [0.25, 0.3) is 0 Å². The van der Waals surface area contributed by atoms with Crippen LogP contribution in [0.2, 0.25) is 0 Å². The molecule has 1 N–H and O–H groups in total. The zero-order chi connectivity index (χ0) is 14.1. The minimum Gasteiger partial charge on any atom is -0.465 e. The highest BCUT2D eigenvalue weighted by atomic mass is 16.5. The molecule has 2 heterocycles. The number of nitrogens with zero attached hydrogens (tertiary/aromatic N) is 1. The quantitative estimate of drug-likeness (QED) is 0.831. The maximum absolute atomic E-state index is 11.5. The zero-order valence-electron chi connectivity index (χ0n) is 12.1. The summed E-state index contributed by atoms with van der Waals surface area (Å²) in [4.78, 5) is 14.1. The molecule has 1 atom stereocenters. The van der Waals surface area contributed by atoms with Crippen molar-refractivity contribution in [3.05, 3.63) is 23.2 Å². The van der Waals surface area contributed by atoms with Crippen molar-refractivity contribution in [3.63, 3.8) is 0 Å². The Labute approximate surface area is 119 Å². The zero-order valence-corrected chi connectivity index (χ0v) is 12.1. The smallest absolute Gasteiger partial charge is 0.341 e. The first-order chi connectivity index (χ1) is 9.67. The topological polar surface area (TPSA) is 54.7 Å². The van der Waals surface area contributed by atoms with E-state index in [9.17, 15) is 4.79 Å². The molecular weight excluding hydrogens is 256 g/mol. The second kappa shape index (κ2) is 5.58. The highest BCUT2D eigenvalue weighted by Crippen LogP contribution is 2.29. The van der Waals surface area contributed by atoms with Crippen molar-refractivity contribution < 1.29 is 13.9 Å². The van der Waals surface area contributed by atoms with E-state index in [0.29, 0.717) is 23.9 Å². The Morgan fingerprint density at radius 2 is 2.30 bits per heavy atom. The fourth-order valence-electron chi connectivity index (χ4n) is 2.91. The van der Waals surface area contributed by atoms with Crippen LogP contribution in [0.3, 0.4) is 0 Å². The van der Waals surface area contributed by atoms with Gasteiger partial charge in [-0.25, -0.2) is 4.79 Å². The summed E-state index contributed by atoms with van der Waals surface area (Å²) in [5, 5.41) is 3.52. The van der Waals surface area contributed by atoms with Gasteiger partial charge < -0.3 is 14.5 Å². The molecule has 1 unspecified atom stereocenters. The van der Waals surface area contributed by atoms with Crippen LogP contribution in [0.15, 0.2) is 10.5 Å². The summed E-state index contributed by atoms with van der Waals surface area (Å²) in [5.74, 6) is 1.09. The molecule has 1 aromatic heterocycles. The molecule has 0 spiro atoms. The Morgan fingerprint density at radius 3 is 3.00 bits per heavy atom. The number of carbonyl (C=O) groups excluding carboxylic acids is 1. The number of likely N-dealkylation sites (tertiary alicyclic amines) is 1. The van der Waals surface area contributed by atoms with E-state index in [1.54, 1.807) is 13.0 Å². The SMILES string of the molecule is COC(=O)c1cc(CNC2CCN(C3CC3)C2)oc1C. The fourth-order valence-corrected chi connectivity index (χ4v) is 2.91. The van der Waals surface area contributed by atoms with Crippen molar-refractivity contribution in [1.82, 2.24) is 10.2 Å². The number of ether oxygens (including phenoxy) is 1. The molecular formula is C15H22N2O3. The molecule has 5 heteroatoms. The van der Waals surface area contributed by atoms with Crippen molar-refractivity contribution in [2.45, 2.75) is 44.8 Å². The monoisotopic (exact) mass is 278 g/mol. The molecule has 0 radical (unpaired) electrons. The maximum atomic E-state index is 11.5. The van der Waals surface area contributed by atoms with Gasteiger partial charge in [-0.3, -0.25) is 4.90 Å². The average molecular weight is 278 g/mol. The first-order valence-electron chi connectivity index (χ1n) is 7.32. The van der Waals surface area contributed by atoms with Gasteiger partial charge in [0.2, 0.25) is 0 Å². The van der Waals surface area contributed by atoms with Gasteiger partial charge in [0, 0.05) is 25.2 Å². The number of rotatable bonds is 5. The van der Waals surface area contributed by atoms with Crippen LogP contribution < -0.4 is 5.32 Å².